The van der Waals surface area contributed by atoms with Crippen LogP contribution in [-0.2, 0) is 9.53 Å². The van der Waals surface area contributed by atoms with Crippen molar-refractivity contribution in [2.45, 2.75) is 20.0 Å². The molecule has 1 amide bonds. The van der Waals surface area contributed by atoms with Crippen molar-refractivity contribution in [3.8, 4) is 28.8 Å². The fourth-order valence-electron chi connectivity index (χ4n) is 2.73. The van der Waals surface area contributed by atoms with Crippen molar-refractivity contribution in [3.63, 3.8) is 0 Å². The molecule has 0 aliphatic carbocycles. The second-order valence-electron chi connectivity index (χ2n) is 6.56. The van der Waals surface area contributed by atoms with Crippen molar-refractivity contribution in [3.05, 3.63) is 48.5 Å². The van der Waals surface area contributed by atoms with Gasteiger partial charge in [0.2, 0.25) is 5.91 Å². The molecule has 1 heterocycles. The van der Waals surface area contributed by atoms with Crippen molar-refractivity contribution in [1.29, 1.82) is 0 Å². The molecule has 0 unspecified atom stereocenters. The molecule has 0 radical (unpaired) electrons. The molecule has 0 spiro atoms. The third-order valence-electron chi connectivity index (χ3n) is 3.91. The molecule has 0 aliphatic rings. The summed E-state index contributed by atoms with van der Waals surface area (Å²) in [6.07, 6.45) is -0.0660. The first kappa shape index (κ1) is 20.3. The van der Waals surface area contributed by atoms with Crippen LogP contribution in [0, 0.1) is 0 Å². The number of anilines is 1. The molecule has 1 aromatic heterocycles. The third-order valence-corrected chi connectivity index (χ3v) is 3.91. The topological polar surface area (TPSA) is 87.5 Å². The van der Waals surface area contributed by atoms with E-state index in [-0.39, 0.29) is 24.6 Å². The molecule has 3 rings (SSSR count). The fraction of sp³-hybridized carbons (Fsp3) is 0.286. The number of carbonyl (C=O) groups is 1. The van der Waals surface area contributed by atoms with Crippen LogP contribution in [0.5, 0.6) is 11.8 Å². The number of nitrogens with one attached hydrogen (secondary N) is 1. The maximum absolute atomic E-state index is 11.8. The lowest BCUT2D eigenvalue weighted by molar-refractivity contribution is -0.119. The number of nitrogens with zero attached hydrogens (tertiary/aromatic N) is 3. The van der Waals surface area contributed by atoms with Gasteiger partial charge < -0.3 is 19.5 Å². The zero-order valence-electron chi connectivity index (χ0n) is 16.9. The van der Waals surface area contributed by atoms with Gasteiger partial charge in [-0.1, -0.05) is 18.2 Å². The number of benzene rings is 2. The first-order valence-electron chi connectivity index (χ1n) is 9.17. The minimum atomic E-state index is -0.236. The van der Waals surface area contributed by atoms with E-state index in [9.17, 15) is 4.79 Å². The third kappa shape index (κ3) is 5.11. The van der Waals surface area contributed by atoms with Crippen molar-refractivity contribution in [2.24, 2.45) is 0 Å². The van der Waals surface area contributed by atoms with E-state index < -0.39 is 0 Å². The van der Waals surface area contributed by atoms with Gasteiger partial charge in [0.05, 0.1) is 18.9 Å². The Labute approximate surface area is 169 Å². The summed E-state index contributed by atoms with van der Waals surface area (Å²) in [5.41, 5.74) is 2.18. The van der Waals surface area contributed by atoms with E-state index in [0.717, 1.165) is 11.3 Å². The molecule has 8 heteroatoms. The van der Waals surface area contributed by atoms with Gasteiger partial charge in [0.15, 0.2) is 5.82 Å². The van der Waals surface area contributed by atoms with Crippen molar-refractivity contribution < 1.29 is 19.0 Å². The molecule has 0 bridgehead atoms. The molecule has 1 N–H and O–H groups in total. The smallest absolute Gasteiger partial charge is 0.336 e. The largest absolute Gasteiger partial charge is 0.497 e. The number of methoxy groups -OCH3 is 2. The Morgan fingerprint density at radius 1 is 1.14 bits per heavy atom. The van der Waals surface area contributed by atoms with E-state index in [4.69, 9.17) is 14.2 Å². The maximum atomic E-state index is 11.8. The molecule has 0 aliphatic heterocycles. The first-order chi connectivity index (χ1) is 14.0. The number of hydrogen-bond donors (Lipinski definition) is 1. The minimum absolute atomic E-state index is 0.0189. The molecular formula is C21H24N4O4. The molecule has 0 fully saturated rings. The number of aromatic nitrogens is 3. The van der Waals surface area contributed by atoms with Gasteiger partial charge in [0, 0.05) is 18.4 Å². The van der Waals surface area contributed by atoms with E-state index in [1.54, 1.807) is 17.9 Å². The van der Waals surface area contributed by atoms with E-state index in [1.807, 2.05) is 56.3 Å². The Kier molecular flexibility index (Phi) is 6.46. The lowest BCUT2D eigenvalue weighted by Gasteiger charge is -2.09. The Morgan fingerprint density at radius 3 is 2.66 bits per heavy atom. The number of ether oxygens (including phenoxy) is 3. The van der Waals surface area contributed by atoms with Crippen LogP contribution in [0.1, 0.15) is 13.8 Å². The average molecular weight is 396 g/mol. The summed E-state index contributed by atoms with van der Waals surface area (Å²) in [6.45, 7) is 3.81. The van der Waals surface area contributed by atoms with Crippen molar-refractivity contribution in [1.82, 2.24) is 14.8 Å². The molecule has 0 saturated heterocycles. The Bertz CT molecular complexity index is 984. The molecule has 29 heavy (non-hydrogen) atoms. The highest BCUT2D eigenvalue weighted by molar-refractivity contribution is 5.91. The predicted molar refractivity (Wildman–Crippen MR) is 110 cm³/mol. The molecular weight excluding hydrogens is 372 g/mol. The molecule has 152 valence electrons. The highest BCUT2D eigenvalue weighted by Crippen LogP contribution is 2.27. The second kappa shape index (κ2) is 9.20. The zero-order chi connectivity index (χ0) is 20.8. The molecule has 2 aromatic carbocycles. The number of hydrogen-bond acceptors (Lipinski definition) is 6. The van der Waals surface area contributed by atoms with Crippen molar-refractivity contribution in [2.75, 3.05) is 26.1 Å². The second-order valence-corrected chi connectivity index (χ2v) is 6.56. The standard InChI is InChI=1S/C21H24N4O4/c1-14(2)29-21-23-20(15-7-5-10-18(11-15)28-4)25(24-21)17-9-6-8-16(12-17)22-19(26)13-27-3/h5-12,14H,13H2,1-4H3,(H,22,26). The van der Waals surface area contributed by atoms with Gasteiger partial charge >= 0.3 is 6.01 Å². The predicted octanol–water partition coefficient (Wildman–Crippen LogP) is 3.32. The van der Waals surface area contributed by atoms with E-state index in [0.29, 0.717) is 17.3 Å². The number of rotatable bonds is 8. The summed E-state index contributed by atoms with van der Waals surface area (Å²) in [6, 6.07) is 15.1. The van der Waals surface area contributed by atoms with Gasteiger partial charge in [0.1, 0.15) is 12.4 Å². The van der Waals surface area contributed by atoms with E-state index >= 15 is 0 Å². The quantitative estimate of drug-likeness (QED) is 0.629. The highest BCUT2D eigenvalue weighted by atomic mass is 16.5. The summed E-state index contributed by atoms with van der Waals surface area (Å²) in [4.78, 5) is 16.4. The highest BCUT2D eigenvalue weighted by Gasteiger charge is 2.16. The Morgan fingerprint density at radius 2 is 1.93 bits per heavy atom. The summed E-state index contributed by atoms with van der Waals surface area (Å²) in [5.74, 6) is 1.07. The van der Waals surface area contributed by atoms with E-state index in [1.165, 1.54) is 7.11 Å². The van der Waals surface area contributed by atoms with Gasteiger partial charge in [-0.05, 0) is 44.2 Å². The fourth-order valence-corrected chi connectivity index (χ4v) is 2.73. The molecule has 3 aromatic rings. The SMILES string of the molecule is COCC(=O)Nc1cccc(-n2nc(OC(C)C)nc2-c2cccc(OC)c2)c1. The van der Waals surface area contributed by atoms with Crippen LogP contribution in [0.25, 0.3) is 17.1 Å². The van der Waals surface area contributed by atoms with Crippen LogP contribution < -0.4 is 14.8 Å². The van der Waals surface area contributed by atoms with Crippen LogP contribution in [0.2, 0.25) is 0 Å². The van der Waals surface area contributed by atoms with Crippen molar-refractivity contribution >= 4 is 11.6 Å². The monoisotopic (exact) mass is 396 g/mol. The number of amides is 1. The van der Waals surface area contributed by atoms with Gasteiger partial charge in [-0.15, -0.1) is 5.10 Å². The van der Waals surface area contributed by atoms with Gasteiger partial charge in [-0.25, -0.2) is 4.68 Å². The van der Waals surface area contributed by atoms with Gasteiger partial charge in [-0.3, -0.25) is 4.79 Å². The van der Waals surface area contributed by atoms with Crippen LogP contribution in [0.3, 0.4) is 0 Å². The summed E-state index contributed by atoms with van der Waals surface area (Å²) < 4.78 is 17.6. The van der Waals surface area contributed by atoms with Crippen LogP contribution in [0.4, 0.5) is 5.69 Å². The van der Waals surface area contributed by atoms with E-state index in [2.05, 4.69) is 15.4 Å². The molecule has 0 atom stereocenters. The van der Waals surface area contributed by atoms with Crippen LogP contribution in [-0.4, -0.2) is 47.6 Å². The Balaban J connectivity index is 2.03. The summed E-state index contributed by atoms with van der Waals surface area (Å²) in [7, 11) is 3.09. The maximum Gasteiger partial charge on any atom is 0.336 e. The summed E-state index contributed by atoms with van der Waals surface area (Å²) >= 11 is 0. The zero-order valence-corrected chi connectivity index (χ0v) is 16.9. The molecule has 8 nitrogen and oxygen atoms in total. The lowest BCUT2D eigenvalue weighted by atomic mass is 10.2. The minimum Gasteiger partial charge on any atom is -0.497 e. The van der Waals surface area contributed by atoms with Gasteiger partial charge in [-0.2, -0.15) is 4.98 Å². The van der Waals surface area contributed by atoms with Gasteiger partial charge in [0.25, 0.3) is 0 Å². The van der Waals surface area contributed by atoms with Crippen LogP contribution >= 0.6 is 0 Å². The normalized spacial score (nSPS) is 10.8. The van der Waals surface area contributed by atoms with Crippen LogP contribution in [0.15, 0.2) is 48.5 Å². The first-order valence-corrected chi connectivity index (χ1v) is 9.17. The lowest BCUT2D eigenvalue weighted by Crippen LogP contribution is -2.17. The Hall–Kier alpha value is -3.39. The molecule has 0 saturated carbocycles. The average Bonchev–Trinajstić information content (AvgIpc) is 3.11. The summed E-state index contributed by atoms with van der Waals surface area (Å²) in [5, 5.41) is 7.31. The number of carbonyl (C=O) groups excluding carboxylic acids is 1.